The Morgan fingerprint density at radius 3 is 2.90 bits per heavy atom. The zero-order valence-electron chi connectivity index (χ0n) is 10.5. The van der Waals surface area contributed by atoms with E-state index in [4.69, 9.17) is 0 Å². The average Bonchev–Trinajstić information content (AvgIpc) is 3.01. The van der Waals surface area contributed by atoms with Crippen molar-refractivity contribution in [2.75, 3.05) is 11.9 Å². The number of imidazole rings is 1. The first-order valence-electron chi connectivity index (χ1n) is 6.40. The van der Waals surface area contributed by atoms with Crippen molar-refractivity contribution in [1.29, 1.82) is 0 Å². The van der Waals surface area contributed by atoms with E-state index in [1.807, 2.05) is 24.3 Å². The second-order valence-electron chi connectivity index (χ2n) is 4.93. The number of aromatic nitrogens is 2. The van der Waals surface area contributed by atoms with Crippen LogP contribution in [-0.2, 0) is 0 Å². The van der Waals surface area contributed by atoms with E-state index in [2.05, 4.69) is 15.3 Å². The fourth-order valence-electron chi connectivity index (χ4n) is 2.75. The number of anilines is 1. The Balaban J connectivity index is 1.86. The molecule has 0 saturated heterocycles. The Kier molecular flexibility index (Phi) is 2.30. The van der Waals surface area contributed by atoms with Crippen LogP contribution in [-0.4, -0.2) is 16.5 Å². The molecule has 3 aromatic rings. The topological polar surface area (TPSA) is 40.7 Å². The van der Waals surface area contributed by atoms with Gasteiger partial charge >= 0.3 is 0 Å². The summed E-state index contributed by atoms with van der Waals surface area (Å²) in [7, 11) is 0. The van der Waals surface area contributed by atoms with Crippen molar-refractivity contribution in [1.82, 2.24) is 9.97 Å². The van der Waals surface area contributed by atoms with Gasteiger partial charge in [0.15, 0.2) is 5.82 Å². The minimum atomic E-state index is -0.637. The number of hydrogen-bond acceptors (Lipinski definition) is 2. The first-order chi connectivity index (χ1) is 9.72. The van der Waals surface area contributed by atoms with E-state index in [0.29, 0.717) is 17.9 Å². The minimum Gasteiger partial charge on any atom is -0.384 e. The van der Waals surface area contributed by atoms with Gasteiger partial charge < -0.3 is 10.3 Å². The summed E-state index contributed by atoms with van der Waals surface area (Å²) in [5, 5.41) is 3.29. The summed E-state index contributed by atoms with van der Waals surface area (Å²) in [6.07, 6.45) is 0. The van der Waals surface area contributed by atoms with Gasteiger partial charge in [-0.15, -0.1) is 0 Å². The largest absolute Gasteiger partial charge is 0.384 e. The molecule has 1 unspecified atom stereocenters. The summed E-state index contributed by atoms with van der Waals surface area (Å²) in [6.45, 7) is 0.698. The van der Waals surface area contributed by atoms with Crippen molar-refractivity contribution in [2.24, 2.45) is 0 Å². The molecule has 0 radical (unpaired) electrons. The van der Waals surface area contributed by atoms with Crippen molar-refractivity contribution in [3.8, 4) is 0 Å². The number of halogens is 2. The maximum absolute atomic E-state index is 13.7. The predicted octanol–water partition coefficient (Wildman–Crippen LogP) is 3.40. The number of rotatable bonds is 1. The minimum absolute atomic E-state index is 0.0288. The molecular formula is C15H11F2N3. The highest BCUT2D eigenvalue weighted by atomic mass is 19.1. The van der Waals surface area contributed by atoms with Crippen molar-refractivity contribution in [3.63, 3.8) is 0 Å². The summed E-state index contributed by atoms with van der Waals surface area (Å²) in [6, 6.07) is 10.1. The summed E-state index contributed by atoms with van der Waals surface area (Å²) >= 11 is 0. The Morgan fingerprint density at radius 1 is 1.15 bits per heavy atom. The van der Waals surface area contributed by atoms with Crippen LogP contribution in [0.4, 0.5) is 14.5 Å². The van der Waals surface area contributed by atoms with Crippen LogP contribution in [0.2, 0.25) is 0 Å². The summed E-state index contributed by atoms with van der Waals surface area (Å²) in [5.41, 5.74) is 2.75. The molecule has 2 heterocycles. The van der Waals surface area contributed by atoms with Crippen molar-refractivity contribution >= 4 is 16.7 Å². The molecule has 2 N–H and O–H groups in total. The number of para-hydroxylation sites is 1. The van der Waals surface area contributed by atoms with Gasteiger partial charge in [0.2, 0.25) is 0 Å². The van der Waals surface area contributed by atoms with Crippen LogP contribution in [0.5, 0.6) is 0 Å². The molecule has 5 heteroatoms. The monoisotopic (exact) mass is 271 g/mol. The second-order valence-corrected chi connectivity index (χ2v) is 4.93. The lowest BCUT2D eigenvalue weighted by Crippen LogP contribution is -2.05. The summed E-state index contributed by atoms with van der Waals surface area (Å²) in [5.74, 6) is -0.556. The van der Waals surface area contributed by atoms with E-state index in [9.17, 15) is 8.78 Å². The predicted molar refractivity (Wildman–Crippen MR) is 72.8 cm³/mol. The van der Waals surface area contributed by atoms with Crippen LogP contribution in [0.25, 0.3) is 11.0 Å². The molecule has 0 spiro atoms. The standard InChI is InChI=1S/C15H11F2N3/c16-8-5-11(17)14-13(6-8)19-15(20-14)10-7-18-12-4-2-1-3-9(10)12/h1-6,10,18H,7H2,(H,19,20). The van der Waals surface area contributed by atoms with Crippen molar-refractivity contribution in [2.45, 2.75) is 5.92 Å². The van der Waals surface area contributed by atoms with Crippen LogP contribution in [0.1, 0.15) is 17.3 Å². The molecule has 100 valence electrons. The first-order valence-corrected chi connectivity index (χ1v) is 6.40. The number of hydrogen-bond donors (Lipinski definition) is 2. The lowest BCUT2D eigenvalue weighted by molar-refractivity contribution is 0.590. The van der Waals surface area contributed by atoms with E-state index < -0.39 is 11.6 Å². The molecule has 1 atom stereocenters. The van der Waals surface area contributed by atoms with Crippen molar-refractivity contribution < 1.29 is 8.78 Å². The zero-order chi connectivity index (χ0) is 13.7. The number of nitrogens with zero attached hydrogens (tertiary/aromatic N) is 1. The number of nitrogens with one attached hydrogen (secondary N) is 2. The van der Waals surface area contributed by atoms with Crippen LogP contribution < -0.4 is 5.32 Å². The highest BCUT2D eigenvalue weighted by molar-refractivity contribution is 5.76. The molecule has 2 aromatic carbocycles. The van der Waals surface area contributed by atoms with Gasteiger partial charge in [0, 0.05) is 18.3 Å². The van der Waals surface area contributed by atoms with Gasteiger partial charge in [-0.25, -0.2) is 13.8 Å². The van der Waals surface area contributed by atoms with Crippen LogP contribution in [0, 0.1) is 11.6 Å². The Hall–Kier alpha value is -2.43. The molecule has 1 aromatic heterocycles. The van der Waals surface area contributed by atoms with Gasteiger partial charge in [0.1, 0.15) is 17.2 Å². The Bertz CT molecular complexity index is 810. The molecule has 20 heavy (non-hydrogen) atoms. The molecule has 4 rings (SSSR count). The molecule has 3 nitrogen and oxygen atoms in total. The van der Waals surface area contributed by atoms with E-state index in [-0.39, 0.29) is 11.4 Å². The average molecular weight is 271 g/mol. The normalized spacial score (nSPS) is 17.2. The lowest BCUT2D eigenvalue weighted by Gasteiger charge is -2.05. The van der Waals surface area contributed by atoms with Gasteiger partial charge in [-0.05, 0) is 17.7 Å². The fourth-order valence-corrected chi connectivity index (χ4v) is 2.75. The second kappa shape index (κ2) is 4.03. The van der Waals surface area contributed by atoms with Crippen LogP contribution in [0.3, 0.4) is 0 Å². The molecule has 0 amide bonds. The molecule has 0 aliphatic carbocycles. The molecule has 1 aliphatic heterocycles. The van der Waals surface area contributed by atoms with Gasteiger partial charge in [-0.3, -0.25) is 0 Å². The number of fused-ring (bicyclic) bond motifs is 2. The van der Waals surface area contributed by atoms with Crippen LogP contribution >= 0.6 is 0 Å². The van der Waals surface area contributed by atoms with Gasteiger partial charge in [0.25, 0.3) is 0 Å². The SMILES string of the molecule is Fc1cc(F)c2nc(C3CNc4ccccc43)[nH]c2c1. The number of H-pyrrole nitrogens is 1. The highest BCUT2D eigenvalue weighted by Crippen LogP contribution is 2.35. The zero-order valence-corrected chi connectivity index (χ0v) is 10.5. The first kappa shape index (κ1) is 11.4. The maximum Gasteiger partial charge on any atom is 0.153 e. The van der Waals surface area contributed by atoms with Gasteiger partial charge in [-0.1, -0.05) is 18.2 Å². The highest BCUT2D eigenvalue weighted by Gasteiger charge is 2.26. The smallest absolute Gasteiger partial charge is 0.153 e. The van der Waals surface area contributed by atoms with E-state index in [1.165, 1.54) is 6.07 Å². The fraction of sp³-hybridized carbons (Fsp3) is 0.133. The summed E-state index contributed by atoms with van der Waals surface area (Å²) in [4.78, 5) is 7.33. The lowest BCUT2D eigenvalue weighted by atomic mass is 10.0. The third-order valence-corrected chi connectivity index (χ3v) is 3.69. The molecule has 1 aliphatic rings. The maximum atomic E-state index is 13.7. The van der Waals surface area contributed by atoms with Gasteiger partial charge in [-0.2, -0.15) is 0 Å². The Labute approximate surface area is 113 Å². The molecule has 0 fully saturated rings. The van der Waals surface area contributed by atoms with Gasteiger partial charge in [0.05, 0.1) is 11.4 Å². The van der Waals surface area contributed by atoms with Crippen molar-refractivity contribution in [3.05, 3.63) is 59.4 Å². The quantitative estimate of drug-likeness (QED) is 0.712. The van der Waals surface area contributed by atoms with E-state index >= 15 is 0 Å². The summed E-state index contributed by atoms with van der Waals surface area (Å²) < 4.78 is 26.9. The molecular weight excluding hydrogens is 260 g/mol. The Morgan fingerprint density at radius 2 is 2.00 bits per heavy atom. The van der Waals surface area contributed by atoms with E-state index in [0.717, 1.165) is 17.3 Å². The third-order valence-electron chi connectivity index (χ3n) is 3.69. The molecule has 0 bridgehead atoms. The molecule has 0 saturated carbocycles. The van der Waals surface area contributed by atoms with E-state index in [1.54, 1.807) is 0 Å². The van der Waals surface area contributed by atoms with Crippen LogP contribution in [0.15, 0.2) is 36.4 Å². The number of benzene rings is 2. The third kappa shape index (κ3) is 1.59. The number of aromatic amines is 1.